The summed E-state index contributed by atoms with van der Waals surface area (Å²) in [5, 5.41) is 8.51. The maximum Gasteiger partial charge on any atom is 0.315 e. The zero-order valence-corrected chi connectivity index (χ0v) is 30.2. The molecule has 1 saturated heterocycles. The number of benzene rings is 1. The minimum atomic E-state index is -3.57. The van der Waals surface area contributed by atoms with Crippen LogP contribution in [0.3, 0.4) is 0 Å². The average molecular weight is 702 g/mol. The summed E-state index contributed by atoms with van der Waals surface area (Å²) in [5.41, 5.74) is 5.97. The number of urea groups is 1. The van der Waals surface area contributed by atoms with E-state index in [0.29, 0.717) is 24.9 Å². The van der Waals surface area contributed by atoms with Gasteiger partial charge in [-0.2, -0.15) is 0 Å². The summed E-state index contributed by atoms with van der Waals surface area (Å²) in [6, 6.07) is 4.70. The van der Waals surface area contributed by atoms with Gasteiger partial charge in [0.25, 0.3) is 5.91 Å². The van der Waals surface area contributed by atoms with Crippen molar-refractivity contribution in [2.45, 2.75) is 115 Å². The molecular formula is C36H55N5O7S. The molecule has 0 aromatic heterocycles. The number of amides is 5. The number of nitrogens with one attached hydrogen (secondary N) is 3. The van der Waals surface area contributed by atoms with Gasteiger partial charge >= 0.3 is 6.03 Å². The molecule has 49 heavy (non-hydrogen) atoms. The lowest BCUT2D eigenvalue weighted by molar-refractivity contribution is -0.143. The second-order valence-corrected chi connectivity index (χ2v) is 17.2. The smallest absolute Gasteiger partial charge is 0.315 e. The van der Waals surface area contributed by atoms with Crippen LogP contribution >= 0.6 is 0 Å². The molecule has 1 aromatic rings. The molecule has 3 fully saturated rings. The summed E-state index contributed by atoms with van der Waals surface area (Å²) in [4.78, 5) is 67.9. The highest BCUT2D eigenvalue weighted by Gasteiger charge is 2.46. The number of likely N-dealkylation sites (tertiary alicyclic amines) is 1. The molecule has 272 valence electrons. The summed E-state index contributed by atoms with van der Waals surface area (Å²) >= 11 is 0. The number of carbonyl (C=O) groups is 5. The molecule has 0 radical (unpaired) electrons. The first-order valence-corrected chi connectivity index (χ1v) is 19.7. The van der Waals surface area contributed by atoms with Crippen molar-refractivity contribution in [1.29, 1.82) is 0 Å². The second-order valence-electron chi connectivity index (χ2n) is 15.1. The van der Waals surface area contributed by atoms with Crippen LogP contribution in [0.25, 0.3) is 0 Å². The number of nitrogens with two attached hydrogens (primary N) is 1. The van der Waals surface area contributed by atoms with Crippen LogP contribution in [-0.2, 0) is 34.8 Å². The molecule has 1 heterocycles. The number of ketones is 1. The molecule has 2 saturated carbocycles. The third-order valence-corrected chi connectivity index (χ3v) is 12.1. The van der Waals surface area contributed by atoms with Gasteiger partial charge in [0.05, 0.1) is 17.5 Å². The van der Waals surface area contributed by atoms with Crippen molar-refractivity contribution in [2.24, 2.45) is 35.3 Å². The molecule has 5 atom stereocenters. The van der Waals surface area contributed by atoms with Gasteiger partial charge in [-0.05, 0) is 60.8 Å². The SMILES string of the molecule is CC(C)C1CC(C(=O)NC(CC2CC2)C(=O)C(N)=O)N(C(=O)[C@@H](NC(=O)N[C@H](CS(=O)(=O)Cc2ccccc2)C(C)C)C2CCCCC2)C1. The molecule has 12 nitrogen and oxygen atoms in total. The zero-order chi connectivity index (χ0) is 35.9. The lowest BCUT2D eigenvalue weighted by atomic mass is 9.83. The first-order chi connectivity index (χ1) is 23.1. The molecule has 1 aliphatic heterocycles. The molecule has 0 spiro atoms. The van der Waals surface area contributed by atoms with Crippen molar-refractivity contribution in [3.63, 3.8) is 0 Å². The van der Waals surface area contributed by atoms with Crippen molar-refractivity contribution in [1.82, 2.24) is 20.9 Å². The normalized spacial score (nSPS) is 22.0. The van der Waals surface area contributed by atoms with Crippen LogP contribution in [-0.4, -0.2) is 79.3 Å². The Morgan fingerprint density at radius 1 is 0.878 bits per heavy atom. The summed E-state index contributed by atoms with van der Waals surface area (Å²) in [7, 11) is -3.57. The van der Waals surface area contributed by atoms with Crippen molar-refractivity contribution in [3.8, 4) is 0 Å². The highest BCUT2D eigenvalue weighted by Crippen LogP contribution is 2.35. The number of hydrogen-bond acceptors (Lipinski definition) is 7. The van der Waals surface area contributed by atoms with Crippen LogP contribution in [0.2, 0.25) is 0 Å². The van der Waals surface area contributed by atoms with Gasteiger partial charge in [0, 0.05) is 12.6 Å². The fourth-order valence-electron chi connectivity index (χ4n) is 7.14. The summed E-state index contributed by atoms with van der Waals surface area (Å²) in [6.45, 7) is 8.05. The summed E-state index contributed by atoms with van der Waals surface area (Å²) in [5.74, 6) is -3.19. The Balaban J connectivity index is 1.52. The summed E-state index contributed by atoms with van der Waals surface area (Å²) in [6.07, 6.45) is 6.82. The van der Waals surface area contributed by atoms with E-state index in [2.05, 4.69) is 16.0 Å². The Hall–Kier alpha value is -3.48. The highest BCUT2D eigenvalue weighted by molar-refractivity contribution is 7.90. The maximum atomic E-state index is 14.5. The highest BCUT2D eigenvalue weighted by atomic mass is 32.2. The Morgan fingerprint density at radius 2 is 1.53 bits per heavy atom. The molecule has 1 aromatic carbocycles. The molecule has 4 rings (SSSR count). The van der Waals surface area contributed by atoms with Gasteiger partial charge in [0.1, 0.15) is 12.1 Å². The van der Waals surface area contributed by atoms with Crippen LogP contribution < -0.4 is 21.7 Å². The number of hydrogen-bond donors (Lipinski definition) is 4. The molecule has 0 bridgehead atoms. The predicted molar refractivity (Wildman–Crippen MR) is 187 cm³/mol. The first kappa shape index (κ1) is 38.3. The lowest BCUT2D eigenvalue weighted by Gasteiger charge is -2.35. The van der Waals surface area contributed by atoms with E-state index < -0.39 is 57.6 Å². The van der Waals surface area contributed by atoms with Crippen LogP contribution in [0.1, 0.15) is 91.0 Å². The zero-order valence-electron chi connectivity index (χ0n) is 29.4. The molecular weight excluding hydrogens is 646 g/mol. The van der Waals surface area contributed by atoms with Crippen molar-refractivity contribution >= 4 is 39.4 Å². The first-order valence-electron chi connectivity index (χ1n) is 17.9. The van der Waals surface area contributed by atoms with Gasteiger partial charge in [-0.3, -0.25) is 19.2 Å². The van der Waals surface area contributed by atoms with Gasteiger partial charge in [0.2, 0.25) is 17.6 Å². The fraction of sp³-hybridized carbons (Fsp3) is 0.694. The maximum absolute atomic E-state index is 14.5. The number of nitrogens with zero attached hydrogens (tertiary/aromatic N) is 1. The van der Waals surface area contributed by atoms with E-state index in [1.807, 2.05) is 33.8 Å². The predicted octanol–water partition coefficient (Wildman–Crippen LogP) is 3.09. The van der Waals surface area contributed by atoms with Gasteiger partial charge in [-0.1, -0.05) is 90.1 Å². The quantitative estimate of drug-likeness (QED) is 0.191. The molecule has 3 unspecified atom stereocenters. The number of sulfone groups is 1. The van der Waals surface area contributed by atoms with E-state index in [1.54, 1.807) is 24.3 Å². The number of primary amides is 1. The van der Waals surface area contributed by atoms with E-state index in [9.17, 15) is 32.4 Å². The van der Waals surface area contributed by atoms with E-state index in [0.717, 1.165) is 44.9 Å². The van der Waals surface area contributed by atoms with Crippen molar-refractivity contribution in [3.05, 3.63) is 35.9 Å². The Bertz CT molecular complexity index is 1440. The van der Waals surface area contributed by atoms with Crippen LogP contribution in [0, 0.1) is 29.6 Å². The topological polar surface area (TPSA) is 185 Å². The minimum absolute atomic E-state index is 0.00870. The fourth-order valence-corrected chi connectivity index (χ4v) is 8.98. The molecule has 13 heteroatoms. The Labute approximate surface area is 291 Å². The minimum Gasteiger partial charge on any atom is -0.363 e. The van der Waals surface area contributed by atoms with Crippen LogP contribution in [0.5, 0.6) is 0 Å². The van der Waals surface area contributed by atoms with Crippen molar-refractivity contribution in [2.75, 3.05) is 12.3 Å². The molecule has 5 amide bonds. The van der Waals surface area contributed by atoms with Gasteiger partial charge in [-0.25, -0.2) is 13.2 Å². The molecule has 5 N–H and O–H groups in total. The summed E-state index contributed by atoms with van der Waals surface area (Å²) < 4.78 is 26.3. The molecule has 2 aliphatic carbocycles. The van der Waals surface area contributed by atoms with Crippen LogP contribution in [0.4, 0.5) is 4.79 Å². The molecule has 3 aliphatic rings. The van der Waals surface area contributed by atoms with Crippen LogP contribution in [0.15, 0.2) is 30.3 Å². The Kier molecular flexibility index (Phi) is 13.3. The third-order valence-electron chi connectivity index (χ3n) is 10.5. The number of Topliss-reactive ketones (excluding diaryl/α,β-unsaturated/α-hetero) is 1. The second kappa shape index (κ2) is 17.0. The standard InChI is InChI=1S/C36H55N5O7S/c1-22(2)27-18-30(34(44)38-28(17-24-15-16-24)32(42)33(37)43)41(19-27)35(45)31(26-13-9-6-10-14-26)40-36(46)39-29(23(3)4)21-49(47,48)20-25-11-7-5-8-12-25/h5,7-8,11-12,22-24,26-31H,6,9-10,13-21H2,1-4H3,(H2,37,43)(H,38,44)(H2,39,40,46)/t27?,28?,29-,30?,31+/m1/s1. The lowest BCUT2D eigenvalue weighted by Crippen LogP contribution is -2.60. The van der Waals surface area contributed by atoms with E-state index in [4.69, 9.17) is 5.73 Å². The van der Waals surface area contributed by atoms with Crippen molar-refractivity contribution < 1.29 is 32.4 Å². The third kappa shape index (κ3) is 11.0. The number of carbonyl (C=O) groups excluding carboxylic acids is 5. The largest absolute Gasteiger partial charge is 0.363 e. The van der Waals surface area contributed by atoms with Gasteiger partial charge < -0.3 is 26.6 Å². The van der Waals surface area contributed by atoms with Gasteiger partial charge in [0.15, 0.2) is 9.84 Å². The monoisotopic (exact) mass is 701 g/mol. The number of rotatable bonds is 16. The van der Waals surface area contributed by atoms with Gasteiger partial charge in [-0.15, -0.1) is 0 Å². The Morgan fingerprint density at radius 3 is 2.10 bits per heavy atom. The van der Waals surface area contributed by atoms with E-state index >= 15 is 0 Å². The van der Waals surface area contributed by atoms with E-state index in [-0.39, 0.29) is 47.0 Å². The average Bonchev–Trinajstić information content (AvgIpc) is 3.75. The van der Waals surface area contributed by atoms with E-state index in [1.165, 1.54) is 4.90 Å².